The van der Waals surface area contributed by atoms with Crippen molar-refractivity contribution in [3.63, 3.8) is 0 Å². The van der Waals surface area contributed by atoms with Crippen molar-refractivity contribution in [2.75, 3.05) is 19.6 Å². The number of rotatable bonds is 21. The van der Waals surface area contributed by atoms with E-state index in [2.05, 4.69) is 25.7 Å². The number of hydrogen-bond donors (Lipinski definition) is 0. The van der Waals surface area contributed by atoms with Gasteiger partial charge in [0, 0.05) is 11.9 Å². The van der Waals surface area contributed by atoms with Crippen LogP contribution in [0, 0.1) is 0 Å². The fourth-order valence-electron chi connectivity index (χ4n) is 3.68. The average molecular weight is 537 g/mol. The summed E-state index contributed by atoms with van der Waals surface area (Å²) in [5, 5.41) is 17.8. The quantitative estimate of drug-likeness (QED) is 0.135. The molecule has 0 aromatic carbocycles. The number of carboxylic acid groups (broad SMARTS) is 2. The summed E-state index contributed by atoms with van der Waals surface area (Å²) in [6.07, 6.45) is 25.7. The van der Waals surface area contributed by atoms with Gasteiger partial charge in [-0.2, -0.15) is 0 Å². The van der Waals surface area contributed by atoms with Crippen molar-refractivity contribution in [3.8, 4) is 0 Å². The van der Waals surface area contributed by atoms with Gasteiger partial charge < -0.3 is 24.7 Å². The predicted octanol–water partition coefficient (Wildman–Crippen LogP) is 5.88. The smallest absolute Gasteiger partial charge is 0.550 e. The van der Waals surface area contributed by atoms with Crippen molar-refractivity contribution in [2.24, 2.45) is 0 Å². The fraction of sp³-hybridized carbons (Fsp3) is 0.929. The summed E-state index contributed by atoms with van der Waals surface area (Å²) in [6, 6.07) is 0. The van der Waals surface area contributed by atoms with Gasteiger partial charge in [-0.3, -0.25) is 0 Å². The molecule has 0 fully saturated rings. The van der Waals surface area contributed by atoms with Crippen LogP contribution >= 0.6 is 0 Å². The van der Waals surface area contributed by atoms with Crippen molar-refractivity contribution in [3.05, 3.63) is 0 Å². The van der Waals surface area contributed by atoms with E-state index in [0.29, 0.717) is 0 Å². The van der Waals surface area contributed by atoms with Crippen LogP contribution in [0.5, 0.6) is 0 Å². The zero-order valence-corrected chi connectivity index (χ0v) is 26.6. The molecule has 0 bridgehead atoms. The third-order valence-corrected chi connectivity index (χ3v) is 5.48. The third kappa shape index (κ3) is 53.1. The molecule has 0 aliphatic carbocycles. The SMILES string of the molecule is CC(=O)[O-].CC(=O)[O-].CCCCCCCCN(CCCCCCCC)CCCCCCCC.[Zn+2]. The number of hydrogen-bond acceptors (Lipinski definition) is 5. The molecule has 200 valence electrons. The summed E-state index contributed by atoms with van der Waals surface area (Å²) in [7, 11) is 0. The first kappa shape index (κ1) is 40.7. The Morgan fingerprint density at radius 3 is 0.853 bits per heavy atom. The summed E-state index contributed by atoms with van der Waals surface area (Å²) in [6.45, 7) is 12.9. The Morgan fingerprint density at radius 2 is 0.647 bits per heavy atom. The zero-order valence-electron chi connectivity index (χ0n) is 23.6. The Bertz CT molecular complexity index is 337. The van der Waals surface area contributed by atoms with E-state index in [0.717, 1.165) is 13.8 Å². The molecule has 0 aromatic heterocycles. The summed E-state index contributed by atoms with van der Waals surface area (Å²) in [4.78, 5) is 20.6. The van der Waals surface area contributed by atoms with E-state index in [1.165, 1.54) is 135 Å². The minimum Gasteiger partial charge on any atom is -0.550 e. The second-order valence-electron chi connectivity index (χ2n) is 9.13. The Kier molecular flexibility index (Phi) is 44.4. The normalized spacial score (nSPS) is 9.94. The second kappa shape index (κ2) is 37.1. The van der Waals surface area contributed by atoms with E-state index in [4.69, 9.17) is 19.8 Å². The Balaban J connectivity index is -0.000000430. The standard InChI is InChI=1S/C24H51N.2C2H4O2.Zn/c1-4-7-10-13-16-19-22-25(23-20-17-14-11-8-5-2)24-21-18-15-12-9-6-3;2*1-2(3)4;/h4-24H2,1-3H3;2*1H3,(H,3,4);/q;;;+2/p-2. The molecule has 34 heavy (non-hydrogen) atoms. The molecule has 0 saturated carbocycles. The first-order chi connectivity index (χ1) is 15.8. The largest absolute Gasteiger partial charge is 2.00 e. The molecule has 6 heteroatoms. The molecule has 0 amide bonds. The molecule has 0 rings (SSSR count). The fourth-order valence-corrected chi connectivity index (χ4v) is 3.68. The second-order valence-corrected chi connectivity index (χ2v) is 9.13. The Morgan fingerprint density at radius 1 is 0.471 bits per heavy atom. The van der Waals surface area contributed by atoms with Gasteiger partial charge in [0.15, 0.2) is 0 Å². The van der Waals surface area contributed by atoms with Crippen LogP contribution in [-0.2, 0) is 29.1 Å². The molecule has 0 aliphatic rings. The molecule has 0 spiro atoms. The van der Waals surface area contributed by atoms with Gasteiger partial charge in [0.25, 0.3) is 0 Å². The monoisotopic (exact) mass is 535 g/mol. The molecule has 0 N–H and O–H groups in total. The first-order valence-corrected chi connectivity index (χ1v) is 13.9. The maximum atomic E-state index is 8.89. The van der Waals surface area contributed by atoms with Gasteiger partial charge in [-0.1, -0.05) is 117 Å². The molecular weight excluding hydrogens is 480 g/mol. The van der Waals surface area contributed by atoms with Gasteiger partial charge in [0.1, 0.15) is 0 Å². The molecule has 0 heterocycles. The number of unbranched alkanes of at least 4 members (excludes halogenated alkanes) is 15. The predicted molar refractivity (Wildman–Crippen MR) is 138 cm³/mol. The van der Waals surface area contributed by atoms with E-state index >= 15 is 0 Å². The number of carboxylic acids is 2. The van der Waals surface area contributed by atoms with Gasteiger partial charge in [-0.05, 0) is 52.7 Å². The number of nitrogens with zero attached hydrogens (tertiary/aromatic N) is 1. The molecule has 0 atom stereocenters. The van der Waals surface area contributed by atoms with Crippen LogP contribution in [0.15, 0.2) is 0 Å². The number of carbonyl (C=O) groups excluding carboxylic acids is 2. The van der Waals surface area contributed by atoms with Crippen LogP contribution in [0.2, 0.25) is 0 Å². The van der Waals surface area contributed by atoms with Crippen molar-refractivity contribution in [1.29, 1.82) is 0 Å². The molecule has 0 saturated heterocycles. The number of carbonyl (C=O) groups is 2. The van der Waals surface area contributed by atoms with Crippen molar-refractivity contribution in [1.82, 2.24) is 4.90 Å². The molecule has 0 unspecified atom stereocenters. The van der Waals surface area contributed by atoms with Crippen LogP contribution < -0.4 is 10.2 Å². The Hall–Kier alpha value is -0.477. The molecule has 5 nitrogen and oxygen atoms in total. The van der Waals surface area contributed by atoms with E-state index in [9.17, 15) is 0 Å². The van der Waals surface area contributed by atoms with Crippen molar-refractivity contribution in [2.45, 2.75) is 150 Å². The van der Waals surface area contributed by atoms with E-state index in [1.807, 2.05) is 0 Å². The van der Waals surface area contributed by atoms with Crippen LogP contribution in [0.1, 0.15) is 150 Å². The molecule has 0 aromatic rings. The summed E-state index contributed by atoms with van der Waals surface area (Å²) in [5.41, 5.74) is 0. The van der Waals surface area contributed by atoms with Crippen LogP contribution in [0.25, 0.3) is 0 Å². The molecule has 0 aliphatic heterocycles. The zero-order chi connectivity index (χ0) is 25.6. The van der Waals surface area contributed by atoms with E-state index < -0.39 is 11.9 Å². The van der Waals surface area contributed by atoms with Gasteiger partial charge >= 0.3 is 19.5 Å². The van der Waals surface area contributed by atoms with E-state index in [1.54, 1.807) is 0 Å². The number of aliphatic carboxylic acids is 2. The van der Waals surface area contributed by atoms with E-state index in [-0.39, 0.29) is 19.5 Å². The van der Waals surface area contributed by atoms with Crippen molar-refractivity contribution >= 4 is 11.9 Å². The van der Waals surface area contributed by atoms with Crippen molar-refractivity contribution < 1.29 is 39.3 Å². The van der Waals surface area contributed by atoms with Gasteiger partial charge in [-0.25, -0.2) is 0 Å². The summed E-state index contributed by atoms with van der Waals surface area (Å²) >= 11 is 0. The minimum absolute atomic E-state index is 0. The van der Waals surface area contributed by atoms with Gasteiger partial charge in [0.05, 0.1) is 0 Å². The minimum atomic E-state index is -1.08. The summed E-state index contributed by atoms with van der Waals surface area (Å²) < 4.78 is 0. The van der Waals surface area contributed by atoms with Crippen LogP contribution in [0.3, 0.4) is 0 Å². The van der Waals surface area contributed by atoms with Crippen LogP contribution in [-0.4, -0.2) is 36.5 Å². The maximum absolute atomic E-state index is 8.89. The molecule has 0 radical (unpaired) electrons. The topological polar surface area (TPSA) is 83.5 Å². The first-order valence-electron chi connectivity index (χ1n) is 13.9. The third-order valence-electron chi connectivity index (χ3n) is 5.48. The summed E-state index contributed by atoms with van der Waals surface area (Å²) in [5.74, 6) is -2.17. The maximum Gasteiger partial charge on any atom is 2.00 e. The van der Waals surface area contributed by atoms with Gasteiger partial charge in [0.2, 0.25) is 0 Å². The molecular formula is C28H57NO4Zn. The average Bonchev–Trinajstić information content (AvgIpc) is 2.74. The van der Waals surface area contributed by atoms with Crippen LogP contribution in [0.4, 0.5) is 0 Å². The Labute approximate surface area is 225 Å². The van der Waals surface area contributed by atoms with Gasteiger partial charge in [-0.15, -0.1) is 0 Å².